The lowest BCUT2D eigenvalue weighted by Crippen LogP contribution is -2.13. The van der Waals surface area contributed by atoms with E-state index in [9.17, 15) is 0 Å². The minimum atomic E-state index is 0.605. The molecule has 0 spiro atoms. The van der Waals surface area contributed by atoms with Crippen LogP contribution in [0.2, 0.25) is 0 Å². The van der Waals surface area contributed by atoms with E-state index in [2.05, 4.69) is 63.4 Å². The summed E-state index contributed by atoms with van der Waals surface area (Å²) in [6.07, 6.45) is 1.70. The third-order valence-corrected chi connectivity index (χ3v) is 3.85. The molecule has 2 heterocycles. The standard InChI is InChI=1S/C17H15N5/c1-12-6-5-7-13(10-12)21(2)16-14-8-3-4-9-15(14)22-11-18-20-17(22)19-16/h3-11H,1-2H3. The molecule has 0 saturated carbocycles. The van der Waals surface area contributed by atoms with Gasteiger partial charge in [0.25, 0.3) is 5.78 Å². The number of nitrogens with zero attached hydrogens (tertiary/aromatic N) is 5. The van der Waals surface area contributed by atoms with Crippen LogP contribution in [0.25, 0.3) is 16.7 Å². The summed E-state index contributed by atoms with van der Waals surface area (Å²) in [4.78, 5) is 6.77. The maximum atomic E-state index is 4.68. The number of benzene rings is 2. The summed E-state index contributed by atoms with van der Waals surface area (Å²) < 4.78 is 1.91. The first-order chi connectivity index (χ1) is 10.7. The van der Waals surface area contributed by atoms with E-state index in [0.717, 1.165) is 22.4 Å². The molecule has 0 unspecified atom stereocenters. The molecule has 5 nitrogen and oxygen atoms in total. The Kier molecular flexibility index (Phi) is 2.79. The van der Waals surface area contributed by atoms with Crippen molar-refractivity contribution in [1.29, 1.82) is 0 Å². The molecule has 0 N–H and O–H groups in total. The normalized spacial score (nSPS) is 11.2. The third kappa shape index (κ3) is 1.90. The average molecular weight is 289 g/mol. The second kappa shape index (κ2) is 4.80. The number of rotatable bonds is 2. The molecular formula is C17H15N5. The second-order valence-electron chi connectivity index (χ2n) is 5.35. The van der Waals surface area contributed by atoms with Gasteiger partial charge in [-0.15, -0.1) is 10.2 Å². The fraction of sp³-hybridized carbons (Fsp3) is 0.118. The van der Waals surface area contributed by atoms with Gasteiger partial charge in [-0.2, -0.15) is 4.98 Å². The van der Waals surface area contributed by atoms with Gasteiger partial charge in [-0.1, -0.05) is 24.3 Å². The number of hydrogen-bond acceptors (Lipinski definition) is 4. The Morgan fingerprint density at radius 2 is 1.91 bits per heavy atom. The molecule has 0 saturated heterocycles. The van der Waals surface area contributed by atoms with E-state index in [1.54, 1.807) is 6.33 Å². The predicted molar refractivity (Wildman–Crippen MR) is 87.5 cm³/mol. The monoisotopic (exact) mass is 289 g/mol. The second-order valence-corrected chi connectivity index (χ2v) is 5.35. The lowest BCUT2D eigenvalue weighted by atomic mass is 10.2. The van der Waals surface area contributed by atoms with Crippen molar-refractivity contribution < 1.29 is 0 Å². The fourth-order valence-corrected chi connectivity index (χ4v) is 2.72. The number of aryl methyl sites for hydroxylation is 1. The van der Waals surface area contributed by atoms with E-state index >= 15 is 0 Å². The van der Waals surface area contributed by atoms with Crippen LogP contribution in [0.5, 0.6) is 0 Å². The van der Waals surface area contributed by atoms with Crippen LogP contribution in [0, 0.1) is 6.92 Å². The summed E-state index contributed by atoms with van der Waals surface area (Å²) in [5.74, 6) is 1.48. The molecule has 22 heavy (non-hydrogen) atoms. The van der Waals surface area contributed by atoms with Gasteiger partial charge in [-0.25, -0.2) is 0 Å². The lowest BCUT2D eigenvalue weighted by molar-refractivity contribution is 1.08. The van der Waals surface area contributed by atoms with Gasteiger partial charge in [0.05, 0.1) is 5.52 Å². The van der Waals surface area contributed by atoms with E-state index in [0.29, 0.717) is 5.78 Å². The number of anilines is 2. The summed E-state index contributed by atoms with van der Waals surface area (Å²) in [6, 6.07) is 16.5. The van der Waals surface area contributed by atoms with E-state index in [1.165, 1.54) is 5.56 Å². The average Bonchev–Trinajstić information content (AvgIpc) is 3.02. The molecule has 0 fully saturated rings. The van der Waals surface area contributed by atoms with E-state index < -0.39 is 0 Å². The summed E-state index contributed by atoms with van der Waals surface area (Å²) >= 11 is 0. The van der Waals surface area contributed by atoms with Crippen molar-refractivity contribution in [1.82, 2.24) is 19.6 Å². The van der Waals surface area contributed by atoms with Crippen molar-refractivity contribution in [2.75, 3.05) is 11.9 Å². The summed E-state index contributed by atoms with van der Waals surface area (Å²) in [5, 5.41) is 9.14. The quantitative estimate of drug-likeness (QED) is 0.567. The van der Waals surface area contributed by atoms with Gasteiger partial charge in [0, 0.05) is 18.1 Å². The van der Waals surface area contributed by atoms with Gasteiger partial charge >= 0.3 is 0 Å². The molecule has 0 atom stereocenters. The van der Waals surface area contributed by atoms with Crippen LogP contribution in [0.3, 0.4) is 0 Å². The minimum Gasteiger partial charge on any atom is -0.329 e. The maximum Gasteiger partial charge on any atom is 0.257 e. The molecular weight excluding hydrogens is 274 g/mol. The molecule has 4 rings (SSSR count). The molecule has 4 aromatic rings. The molecule has 0 amide bonds. The van der Waals surface area contributed by atoms with Gasteiger partial charge in [-0.05, 0) is 36.8 Å². The van der Waals surface area contributed by atoms with E-state index in [1.807, 2.05) is 23.6 Å². The largest absolute Gasteiger partial charge is 0.329 e. The van der Waals surface area contributed by atoms with Crippen LogP contribution in [0.15, 0.2) is 54.9 Å². The van der Waals surface area contributed by atoms with Crippen molar-refractivity contribution in [2.24, 2.45) is 0 Å². The Hall–Kier alpha value is -2.95. The maximum absolute atomic E-state index is 4.68. The Morgan fingerprint density at radius 3 is 2.77 bits per heavy atom. The van der Waals surface area contributed by atoms with Gasteiger partial charge in [0.15, 0.2) is 0 Å². The predicted octanol–water partition coefficient (Wildman–Crippen LogP) is 3.35. The van der Waals surface area contributed by atoms with Gasteiger partial charge < -0.3 is 4.90 Å². The highest BCUT2D eigenvalue weighted by Crippen LogP contribution is 2.30. The molecule has 0 aliphatic heterocycles. The van der Waals surface area contributed by atoms with Crippen molar-refractivity contribution in [3.05, 3.63) is 60.4 Å². The van der Waals surface area contributed by atoms with Crippen molar-refractivity contribution >= 4 is 28.2 Å². The van der Waals surface area contributed by atoms with Crippen molar-refractivity contribution in [3.8, 4) is 0 Å². The molecule has 0 radical (unpaired) electrons. The highest BCUT2D eigenvalue weighted by molar-refractivity contribution is 5.93. The Bertz CT molecular complexity index is 973. The van der Waals surface area contributed by atoms with Crippen LogP contribution in [0.1, 0.15) is 5.56 Å². The topological polar surface area (TPSA) is 46.3 Å². The van der Waals surface area contributed by atoms with Crippen LogP contribution in [0.4, 0.5) is 11.5 Å². The minimum absolute atomic E-state index is 0.605. The molecule has 2 aromatic carbocycles. The first-order valence-corrected chi connectivity index (χ1v) is 7.13. The first-order valence-electron chi connectivity index (χ1n) is 7.13. The van der Waals surface area contributed by atoms with Gasteiger partial charge in [0.2, 0.25) is 0 Å². The molecule has 5 heteroatoms. The van der Waals surface area contributed by atoms with Crippen LogP contribution >= 0.6 is 0 Å². The van der Waals surface area contributed by atoms with Gasteiger partial charge in [-0.3, -0.25) is 4.40 Å². The smallest absolute Gasteiger partial charge is 0.257 e. The molecule has 108 valence electrons. The first kappa shape index (κ1) is 12.8. The summed E-state index contributed by atoms with van der Waals surface area (Å²) in [5.41, 5.74) is 3.37. The third-order valence-electron chi connectivity index (χ3n) is 3.85. The van der Waals surface area contributed by atoms with E-state index in [-0.39, 0.29) is 0 Å². The highest BCUT2D eigenvalue weighted by Gasteiger charge is 2.13. The number of aromatic nitrogens is 4. The molecule has 2 aromatic heterocycles. The zero-order valence-electron chi connectivity index (χ0n) is 12.4. The number of para-hydroxylation sites is 1. The molecule has 0 aliphatic carbocycles. The highest BCUT2D eigenvalue weighted by atomic mass is 15.3. The van der Waals surface area contributed by atoms with Crippen LogP contribution < -0.4 is 4.90 Å². The Balaban J connectivity index is 2.00. The van der Waals surface area contributed by atoms with Gasteiger partial charge in [0.1, 0.15) is 12.1 Å². The Morgan fingerprint density at radius 1 is 1.05 bits per heavy atom. The van der Waals surface area contributed by atoms with Crippen LogP contribution in [-0.2, 0) is 0 Å². The van der Waals surface area contributed by atoms with Crippen LogP contribution in [-0.4, -0.2) is 26.6 Å². The number of hydrogen-bond donors (Lipinski definition) is 0. The molecule has 0 bridgehead atoms. The fourth-order valence-electron chi connectivity index (χ4n) is 2.72. The summed E-state index contributed by atoms with van der Waals surface area (Å²) in [7, 11) is 2.02. The Labute approximate surface area is 127 Å². The zero-order valence-corrected chi connectivity index (χ0v) is 12.4. The SMILES string of the molecule is Cc1cccc(N(C)c2nc3nncn3c3ccccc23)c1. The summed E-state index contributed by atoms with van der Waals surface area (Å²) in [6.45, 7) is 2.09. The molecule has 0 aliphatic rings. The lowest BCUT2D eigenvalue weighted by Gasteiger charge is -2.20. The zero-order chi connectivity index (χ0) is 15.1. The van der Waals surface area contributed by atoms with Crippen molar-refractivity contribution in [3.63, 3.8) is 0 Å². The van der Waals surface area contributed by atoms with Crippen molar-refractivity contribution in [2.45, 2.75) is 6.92 Å². The number of fused-ring (bicyclic) bond motifs is 3. The van der Waals surface area contributed by atoms with E-state index in [4.69, 9.17) is 0 Å².